The molecule has 0 bridgehead atoms. The summed E-state index contributed by atoms with van der Waals surface area (Å²) in [6, 6.07) is 6.92. The maximum absolute atomic E-state index is 11.5. The lowest BCUT2D eigenvalue weighted by Gasteiger charge is -2.10. The molecule has 1 amide bonds. The average molecular weight is 222 g/mol. The SMILES string of the molecule is CCC(N)C(=O)Nc1ccc(CCO)cc1. The predicted octanol–water partition coefficient (Wildman–Crippen LogP) is 0.897. The van der Waals surface area contributed by atoms with Crippen molar-refractivity contribution in [3.63, 3.8) is 0 Å². The van der Waals surface area contributed by atoms with Crippen LogP contribution in [-0.4, -0.2) is 23.7 Å². The van der Waals surface area contributed by atoms with Crippen LogP contribution in [0.1, 0.15) is 18.9 Å². The van der Waals surface area contributed by atoms with Crippen LogP contribution in [0.5, 0.6) is 0 Å². The molecule has 0 spiro atoms. The second-order valence-electron chi connectivity index (χ2n) is 3.67. The van der Waals surface area contributed by atoms with E-state index in [0.29, 0.717) is 12.8 Å². The molecule has 1 aromatic rings. The molecule has 1 rings (SSSR count). The molecule has 0 fully saturated rings. The maximum Gasteiger partial charge on any atom is 0.241 e. The zero-order chi connectivity index (χ0) is 12.0. The third-order valence-electron chi connectivity index (χ3n) is 2.40. The normalized spacial score (nSPS) is 12.2. The number of aliphatic hydroxyl groups excluding tert-OH is 1. The van der Waals surface area contributed by atoms with Gasteiger partial charge in [0.25, 0.3) is 0 Å². The van der Waals surface area contributed by atoms with Gasteiger partial charge in [0.1, 0.15) is 0 Å². The molecule has 4 nitrogen and oxygen atoms in total. The predicted molar refractivity (Wildman–Crippen MR) is 64.1 cm³/mol. The first-order valence-corrected chi connectivity index (χ1v) is 5.43. The number of benzene rings is 1. The van der Waals surface area contributed by atoms with Crippen molar-refractivity contribution in [3.05, 3.63) is 29.8 Å². The fourth-order valence-corrected chi connectivity index (χ4v) is 1.30. The molecule has 0 aliphatic carbocycles. The molecular weight excluding hydrogens is 204 g/mol. The van der Waals surface area contributed by atoms with Gasteiger partial charge in [0.2, 0.25) is 5.91 Å². The van der Waals surface area contributed by atoms with E-state index >= 15 is 0 Å². The largest absolute Gasteiger partial charge is 0.396 e. The number of aliphatic hydroxyl groups is 1. The van der Waals surface area contributed by atoms with Crippen LogP contribution in [0, 0.1) is 0 Å². The van der Waals surface area contributed by atoms with Gasteiger partial charge in [-0.2, -0.15) is 0 Å². The van der Waals surface area contributed by atoms with Crippen LogP contribution >= 0.6 is 0 Å². The van der Waals surface area contributed by atoms with Gasteiger partial charge in [0.15, 0.2) is 0 Å². The maximum atomic E-state index is 11.5. The lowest BCUT2D eigenvalue weighted by Crippen LogP contribution is -2.34. The monoisotopic (exact) mass is 222 g/mol. The van der Waals surface area contributed by atoms with Crippen molar-refractivity contribution in [2.24, 2.45) is 5.73 Å². The fraction of sp³-hybridized carbons (Fsp3) is 0.417. The van der Waals surface area contributed by atoms with Crippen molar-refractivity contribution in [1.29, 1.82) is 0 Å². The van der Waals surface area contributed by atoms with Gasteiger partial charge in [0.05, 0.1) is 6.04 Å². The lowest BCUT2D eigenvalue weighted by molar-refractivity contribution is -0.117. The molecule has 0 aliphatic rings. The fourth-order valence-electron chi connectivity index (χ4n) is 1.30. The Morgan fingerprint density at radius 1 is 1.44 bits per heavy atom. The van der Waals surface area contributed by atoms with Gasteiger partial charge in [-0.3, -0.25) is 4.79 Å². The van der Waals surface area contributed by atoms with Gasteiger partial charge < -0.3 is 16.2 Å². The van der Waals surface area contributed by atoms with Gasteiger partial charge in [0, 0.05) is 12.3 Å². The zero-order valence-electron chi connectivity index (χ0n) is 9.44. The molecule has 88 valence electrons. The molecule has 0 aromatic heterocycles. The Morgan fingerprint density at radius 2 is 2.06 bits per heavy atom. The Balaban J connectivity index is 2.58. The number of nitrogens with one attached hydrogen (secondary N) is 1. The van der Waals surface area contributed by atoms with Crippen molar-refractivity contribution in [1.82, 2.24) is 0 Å². The van der Waals surface area contributed by atoms with E-state index in [1.54, 1.807) is 0 Å². The molecule has 1 atom stereocenters. The summed E-state index contributed by atoms with van der Waals surface area (Å²) in [5, 5.41) is 11.5. The highest BCUT2D eigenvalue weighted by molar-refractivity contribution is 5.94. The molecule has 16 heavy (non-hydrogen) atoms. The first kappa shape index (κ1) is 12.7. The van der Waals surface area contributed by atoms with Crippen LogP contribution in [-0.2, 0) is 11.2 Å². The van der Waals surface area contributed by atoms with Crippen molar-refractivity contribution in [2.45, 2.75) is 25.8 Å². The van der Waals surface area contributed by atoms with Gasteiger partial charge in [-0.05, 0) is 30.5 Å². The highest BCUT2D eigenvalue weighted by Gasteiger charge is 2.10. The van der Waals surface area contributed by atoms with Gasteiger partial charge >= 0.3 is 0 Å². The number of carbonyl (C=O) groups excluding carboxylic acids is 1. The quantitative estimate of drug-likeness (QED) is 0.692. The molecule has 1 aromatic carbocycles. The minimum absolute atomic E-state index is 0.131. The van der Waals surface area contributed by atoms with Crippen LogP contribution in [0.25, 0.3) is 0 Å². The topological polar surface area (TPSA) is 75.4 Å². The number of carbonyl (C=O) groups is 1. The zero-order valence-corrected chi connectivity index (χ0v) is 9.44. The summed E-state index contributed by atoms with van der Waals surface area (Å²) in [5.41, 5.74) is 7.37. The number of amides is 1. The van der Waals surface area contributed by atoms with Gasteiger partial charge in [-0.1, -0.05) is 19.1 Å². The second kappa shape index (κ2) is 6.25. The smallest absolute Gasteiger partial charge is 0.241 e. The van der Waals surface area contributed by atoms with Crippen LogP contribution < -0.4 is 11.1 Å². The van der Waals surface area contributed by atoms with Crippen molar-refractivity contribution in [2.75, 3.05) is 11.9 Å². The molecule has 4 heteroatoms. The summed E-state index contributed by atoms with van der Waals surface area (Å²) in [7, 11) is 0. The highest BCUT2D eigenvalue weighted by Crippen LogP contribution is 2.10. The third kappa shape index (κ3) is 3.64. The van der Waals surface area contributed by atoms with E-state index in [2.05, 4.69) is 5.32 Å². The van der Waals surface area contributed by atoms with Crippen LogP contribution in [0.4, 0.5) is 5.69 Å². The summed E-state index contributed by atoms with van der Waals surface area (Å²) in [4.78, 5) is 11.5. The molecule has 0 radical (unpaired) electrons. The Hall–Kier alpha value is -1.39. The van der Waals surface area contributed by atoms with Crippen molar-refractivity contribution < 1.29 is 9.90 Å². The molecule has 0 heterocycles. The van der Waals surface area contributed by atoms with Crippen molar-refractivity contribution in [3.8, 4) is 0 Å². The number of nitrogens with two attached hydrogens (primary N) is 1. The van der Waals surface area contributed by atoms with Crippen LogP contribution in [0.3, 0.4) is 0 Å². The van der Waals surface area contributed by atoms with E-state index in [1.165, 1.54) is 0 Å². The average Bonchev–Trinajstić information content (AvgIpc) is 2.31. The number of hydrogen-bond donors (Lipinski definition) is 3. The summed E-state index contributed by atoms with van der Waals surface area (Å²) in [6.07, 6.45) is 1.25. The number of anilines is 1. The molecule has 0 saturated carbocycles. The van der Waals surface area contributed by atoms with E-state index in [0.717, 1.165) is 11.3 Å². The Kier molecular flexibility index (Phi) is 4.95. The van der Waals surface area contributed by atoms with Crippen LogP contribution in [0.15, 0.2) is 24.3 Å². The Morgan fingerprint density at radius 3 is 2.56 bits per heavy atom. The molecule has 1 unspecified atom stereocenters. The van der Waals surface area contributed by atoms with E-state index in [4.69, 9.17) is 10.8 Å². The summed E-state index contributed by atoms with van der Waals surface area (Å²) < 4.78 is 0. The number of rotatable bonds is 5. The second-order valence-corrected chi connectivity index (χ2v) is 3.67. The van der Waals surface area contributed by atoms with E-state index in [9.17, 15) is 4.79 Å². The van der Waals surface area contributed by atoms with Crippen LogP contribution in [0.2, 0.25) is 0 Å². The Bertz CT molecular complexity index is 335. The lowest BCUT2D eigenvalue weighted by atomic mass is 10.1. The summed E-state index contributed by atoms with van der Waals surface area (Å²) >= 11 is 0. The molecule has 4 N–H and O–H groups in total. The minimum Gasteiger partial charge on any atom is -0.396 e. The van der Waals surface area contributed by atoms with Crippen molar-refractivity contribution >= 4 is 11.6 Å². The first-order chi connectivity index (χ1) is 7.67. The minimum atomic E-state index is -0.461. The van der Waals surface area contributed by atoms with E-state index in [1.807, 2.05) is 31.2 Å². The number of hydrogen-bond acceptors (Lipinski definition) is 3. The van der Waals surface area contributed by atoms with Gasteiger partial charge in [-0.25, -0.2) is 0 Å². The highest BCUT2D eigenvalue weighted by atomic mass is 16.2. The Labute approximate surface area is 95.5 Å². The summed E-state index contributed by atoms with van der Waals surface area (Å²) in [5.74, 6) is -0.169. The molecule has 0 aliphatic heterocycles. The third-order valence-corrected chi connectivity index (χ3v) is 2.40. The first-order valence-electron chi connectivity index (χ1n) is 5.43. The van der Waals surface area contributed by atoms with E-state index < -0.39 is 6.04 Å². The summed E-state index contributed by atoms with van der Waals surface area (Å²) in [6.45, 7) is 2.00. The molecular formula is C12H18N2O2. The van der Waals surface area contributed by atoms with E-state index in [-0.39, 0.29) is 12.5 Å². The van der Waals surface area contributed by atoms with Gasteiger partial charge in [-0.15, -0.1) is 0 Å². The standard InChI is InChI=1S/C12H18N2O2/c1-2-11(13)12(16)14-10-5-3-9(4-6-10)7-8-15/h3-6,11,15H,2,7-8,13H2,1H3,(H,14,16). The molecule has 0 saturated heterocycles.